The van der Waals surface area contributed by atoms with Crippen LogP contribution < -0.4 is 0 Å². The number of aliphatic hydroxyl groups is 1. The van der Waals surface area contributed by atoms with Crippen molar-refractivity contribution >= 4 is 41.2 Å². The Labute approximate surface area is 166 Å². The van der Waals surface area contributed by atoms with Crippen LogP contribution in [0.3, 0.4) is 0 Å². The minimum Gasteiger partial charge on any atom is -0.481 e. The predicted octanol–water partition coefficient (Wildman–Crippen LogP) is 1.56. The molecule has 1 aromatic rings. The molecule has 0 fully saturated rings. The summed E-state index contributed by atoms with van der Waals surface area (Å²) in [6.45, 7) is 4.22. The summed E-state index contributed by atoms with van der Waals surface area (Å²) in [5.74, 6) is -3.91. The maximum Gasteiger partial charge on any atom is 0.336 e. The van der Waals surface area contributed by atoms with E-state index in [1.54, 1.807) is 11.3 Å². The average molecular weight is 412 g/mol. The molecule has 1 aliphatic heterocycles. The van der Waals surface area contributed by atoms with E-state index in [4.69, 9.17) is 20.4 Å². The number of nitrogens with zero attached hydrogens (tertiary/aromatic N) is 2. The second-order valence-corrected chi connectivity index (χ2v) is 7.24. The first-order valence-electron chi connectivity index (χ1n) is 8.42. The van der Waals surface area contributed by atoms with Crippen molar-refractivity contribution < 1.29 is 34.8 Å². The highest BCUT2D eigenvalue weighted by Crippen LogP contribution is 2.17. The van der Waals surface area contributed by atoms with Gasteiger partial charge in [-0.25, -0.2) is 4.79 Å². The van der Waals surface area contributed by atoms with Gasteiger partial charge in [-0.1, -0.05) is 0 Å². The Hall–Kier alpha value is -2.72. The Kier molecular flexibility index (Phi) is 8.80. The number of carbonyl (C=O) groups is 3. The molecular formula is C18H24N2O7S. The van der Waals surface area contributed by atoms with E-state index >= 15 is 0 Å². The second-order valence-electron chi connectivity index (χ2n) is 6.29. The van der Waals surface area contributed by atoms with Gasteiger partial charge in [0.1, 0.15) is 5.84 Å². The van der Waals surface area contributed by atoms with Crippen LogP contribution in [0, 0.1) is 6.92 Å². The van der Waals surface area contributed by atoms with E-state index in [-0.39, 0.29) is 0 Å². The third kappa shape index (κ3) is 7.49. The molecule has 0 saturated heterocycles. The maximum absolute atomic E-state index is 10.3. The topological polar surface area (TPSA) is 148 Å². The summed E-state index contributed by atoms with van der Waals surface area (Å²) in [5, 5.41) is 35.9. The van der Waals surface area contributed by atoms with E-state index < -0.39 is 36.4 Å². The van der Waals surface area contributed by atoms with Crippen molar-refractivity contribution in [2.75, 3.05) is 20.1 Å². The zero-order valence-corrected chi connectivity index (χ0v) is 16.5. The third-order valence-corrected chi connectivity index (χ3v) is 4.87. The summed E-state index contributed by atoms with van der Waals surface area (Å²) in [7, 11) is 2.10. The van der Waals surface area contributed by atoms with Crippen molar-refractivity contribution in [1.29, 1.82) is 0 Å². The maximum atomic E-state index is 10.3. The van der Waals surface area contributed by atoms with Gasteiger partial charge in [-0.15, -0.1) is 11.3 Å². The molecule has 10 heteroatoms. The number of rotatable bonds is 7. The van der Waals surface area contributed by atoms with Crippen LogP contribution >= 0.6 is 11.3 Å². The molecule has 1 aromatic heterocycles. The molecule has 28 heavy (non-hydrogen) atoms. The highest BCUT2D eigenvalue weighted by Gasteiger charge is 2.40. The molecule has 0 aromatic carbocycles. The number of likely N-dealkylation sites (N-methyl/N-ethyl adjacent to an activating group) is 1. The predicted molar refractivity (Wildman–Crippen MR) is 105 cm³/mol. The lowest BCUT2D eigenvalue weighted by molar-refractivity contribution is -0.170. The van der Waals surface area contributed by atoms with Crippen LogP contribution in [0.2, 0.25) is 0 Å². The number of hydrogen-bond donors (Lipinski definition) is 4. The SMILES string of the molecule is Cc1ccsc1C=CC1=NCCCN1C.O=C(O)CC(O)(CC(=O)O)C(=O)O. The van der Waals surface area contributed by atoms with E-state index in [0.29, 0.717) is 0 Å². The van der Waals surface area contributed by atoms with Gasteiger partial charge in [0.2, 0.25) is 0 Å². The zero-order chi connectivity index (χ0) is 21.3. The van der Waals surface area contributed by atoms with Gasteiger partial charge in [0.25, 0.3) is 0 Å². The number of hydrogen-bond acceptors (Lipinski definition) is 7. The van der Waals surface area contributed by atoms with Gasteiger partial charge < -0.3 is 25.3 Å². The Morgan fingerprint density at radius 2 is 1.82 bits per heavy atom. The van der Waals surface area contributed by atoms with Crippen molar-refractivity contribution in [3.8, 4) is 0 Å². The van der Waals surface area contributed by atoms with Crippen LogP contribution in [0.25, 0.3) is 6.08 Å². The van der Waals surface area contributed by atoms with E-state index in [0.717, 1.165) is 18.9 Å². The van der Waals surface area contributed by atoms with Crippen molar-refractivity contribution in [3.05, 3.63) is 28.0 Å². The Morgan fingerprint density at radius 1 is 1.21 bits per heavy atom. The number of aryl methyl sites for hydroxylation is 1. The van der Waals surface area contributed by atoms with Gasteiger partial charge in [0, 0.05) is 25.0 Å². The largest absolute Gasteiger partial charge is 0.481 e. The molecule has 0 amide bonds. The van der Waals surface area contributed by atoms with Gasteiger partial charge in [-0.3, -0.25) is 14.6 Å². The summed E-state index contributed by atoms with van der Waals surface area (Å²) in [4.78, 5) is 38.5. The summed E-state index contributed by atoms with van der Waals surface area (Å²) in [6.07, 6.45) is 3.17. The van der Waals surface area contributed by atoms with Crippen LogP contribution in [-0.4, -0.2) is 74.8 Å². The summed E-state index contributed by atoms with van der Waals surface area (Å²) >= 11 is 1.78. The highest BCUT2D eigenvalue weighted by molar-refractivity contribution is 7.11. The number of amidine groups is 1. The molecule has 2 rings (SSSR count). The first kappa shape index (κ1) is 23.3. The van der Waals surface area contributed by atoms with E-state index in [9.17, 15) is 14.4 Å². The van der Waals surface area contributed by atoms with Crippen LogP contribution in [0.15, 0.2) is 22.5 Å². The lowest BCUT2D eigenvalue weighted by Gasteiger charge is -2.22. The minimum atomic E-state index is -2.74. The number of carboxylic acids is 3. The highest BCUT2D eigenvalue weighted by atomic mass is 32.1. The molecule has 9 nitrogen and oxygen atoms in total. The molecule has 4 N–H and O–H groups in total. The molecule has 0 atom stereocenters. The fourth-order valence-corrected chi connectivity index (χ4v) is 3.16. The van der Waals surface area contributed by atoms with Crippen molar-refractivity contribution in [1.82, 2.24) is 4.90 Å². The zero-order valence-electron chi connectivity index (χ0n) is 15.7. The van der Waals surface area contributed by atoms with Gasteiger partial charge in [0.05, 0.1) is 12.8 Å². The van der Waals surface area contributed by atoms with Gasteiger partial charge >= 0.3 is 17.9 Å². The van der Waals surface area contributed by atoms with Gasteiger partial charge in [-0.2, -0.15) is 0 Å². The molecule has 2 heterocycles. The number of aliphatic carboxylic acids is 3. The van der Waals surface area contributed by atoms with Gasteiger partial charge in [0.15, 0.2) is 5.60 Å². The first-order valence-corrected chi connectivity index (χ1v) is 9.30. The summed E-state index contributed by atoms with van der Waals surface area (Å²) in [6, 6.07) is 2.15. The second kappa shape index (κ2) is 10.6. The van der Waals surface area contributed by atoms with Crippen molar-refractivity contribution in [3.63, 3.8) is 0 Å². The molecule has 154 valence electrons. The fourth-order valence-electron chi connectivity index (χ4n) is 2.34. The smallest absolute Gasteiger partial charge is 0.336 e. The third-order valence-electron chi connectivity index (χ3n) is 3.89. The summed E-state index contributed by atoms with van der Waals surface area (Å²) in [5.41, 5.74) is -1.40. The Morgan fingerprint density at radius 3 is 2.25 bits per heavy atom. The van der Waals surface area contributed by atoms with Crippen LogP contribution in [0.5, 0.6) is 0 Å². The van der Waals surface area contributed by atoms with Crippen LogP contribution in [0.4, 0.5) is 0 Å². The van der Waals surface area contributed by atoms with E-state index in [1.807, 2.05) is 0 Å². The average Bonchev–Trinajstić information content (AvgIpc) is 2.98. The first-order chi connectivity index (χ1) is 13.0. The molecule has 0 bridgehead atoms. The lowest BCUT2D eigenvalue weighted by atomic mass is 9.96. The molecule has 0 saturated carbocycles. The molecule has 1 aliphatic rings. The molecule has 0 radical (unpaired) electrons. The Balaban J connectivity index is 0.000000284. The van der Waals surface area contributed by atoms with Crippen molar-refractivity contribution in [2.24, 2.45) is 4.99 Å². The minimum absolute atomic E-state index is 0.966. The quantitative estimate of drug-likeness (QED) is 0.527. The monoisotopic (exact) mass is 412 g/mol. The molecular weight excluding hydrogens is 388 g/mol. The van der Waals surface area contributed by atoms with Crippen LogP contribution in [0.1, 0.15) is 29.7 Å². The molecule has 0 unspecified atom stereocenters. The number of thiophene rings is 1. The van der Waals surface area contributed by atoms with Gasteiger partial charge in [-0.05, 0) is 42.5 Å². The molecule has 0 aliphatic carbocycles. The lowest BCUT2D eigenvalue weighted by Crippen LogP contribution is -2.42. The Bertz CT molecular complexity index is 754. The van der Waals surface area contributed by atoms with E-state index in [2.05, 4.69) is 47.5 Å². The summed E-state index contributed by atoms with van der Waals surface area (Å²) < 4.78 is 0. The van der Waals surface area contributed by atoms with Crippen LogP contribution in [-0.2, 0) is 14.4 Å². The molecule has 0 spiro atoms. The number of aliphatic imine (C=N–C) groups is 1. The number of carboxylic acid groups (broad SMARTS) is 3. The van der Waals surface area contributed by atoms with E-state index in [1.165, 1.54) is 16.9 Å². The normalized spacial score (nSPS) is 14.2. The van der Waals surface area contributed by atoms with Crippen molar-refractivity contribution in [2.45, 2.75) is 31.8 Å². The standard InChI is InChI=1S/C12H16N2S.C6H8O7/c1-10-6-9-15-11(10)4-5-12-13-7-3-8-14(12)2;7-3(8)1-6(13,5(11)12)2-4(9)10/h4-6,9H,3,7-8H2,1-2H3;13H,1-2H2,(H,7,8)(H,9,10)(H,11,12). The fraction of sp³-hybridized carbons (Fsp3) is 0.444.